The number of methoxy groups -OCH3 is 1. The van der Waals surface area contributed by atoms with E-state index in [1.807, 2.05) is 41.6 Å². The fraction of sp³-hybridized carbons (Fsp3) is 0.423. The molecule has 4 aromatic rings. The first-order valence-electron chi connectivity index (χ1n) is 12.2. The minimum absolute atomic E-state index is 0.356. The lowest BCUT2D eigenvalue weighted by molar-refractivity contribution is 0.123. The quantitative estimate of drug-likeness (QED) is 0.435. The third kappa shape index (κ3) is 5.22. The Kier molecular flexibility index (Phi) is 8.12. The van der Waals surface area contributed by atoms with Crippen LogP contribution in [0.3, 0.4) is 0 Å². The minimum Gasteiger partial charge on any atom is -0.383 e. The van der Waals surface area contributed by atoms with E-state index in [9.17, 15) is 0 Å². The number of morpholine rings is 1. The van der Waals surface area contributed by atoms with Crippen molar-refractivity contribution < 1.29 is 9.47 Å². The summed E-state index contributed by atoms with van der Waals surface area (Å²) in [6.07, 6.45) is 1.83. The van der Waals surface area contributed by atoms with Crippen LogP contribution in [0.25, 0.3) is 28.2 Å². The summed E-state index contributed by atoms with van der Waals surface area (Å²) in [6.45, 7) is 10.7. The second-order valence-corrected chi connectivity index (χ2v) is 8.21. The predicted molar refractivity (Wildman–Crippen MR) is 139 cm³/mol. The Balaban J connectivity index is 0.00000141. The standard InChI is InChI=1S/C24H29N7O2.C2H6/c1-17-4-3-5-18(12-17)20-13-19(15-25)31(28-20)22-14-21(29-7-10-33-11-8-29)23-24(27-22)30(16-26-23)6-9-32-2;1-2/h3-5,12-14,16H,6-11,15,25H2,1-2H3;1-2H3. The fourth-order valence-electron chi connectivity index (χ4n) is 4.22. The first kappa shape index (κ1) is 24.8. The Hall–Kier alpha value is -3.27. The highest BCUT2D eigenvalue weighted by atomic mass is 16.5. The maximum absolute atomic E-state index is 6.13. The number of benzene rings is 1. The minimum atomic E-state index is 0.356. The van der Waals surface area contributed by atoms with Crippen LogP contribution in [-0.2, 0) is 22.6 Å². The number of anilines is 1. The number of hydrogen-bond donors (Lipinski definition) is 1. The second kappa shape index (κ2) is 11.4. The van der Waals surface area contributed by atoms with Gasteiger partial charge < -0.3 is 24.7 Å². The monoisotopic (exact) mass is 477 g/mol. The summed E-state index contributed by atoms with van der Waals surface area (Å²) in [4.78, 5) is 12.0. The second-order valence-electron chi connectivity index (χ2n) is 8.21. The van der Waals surface area contributed by atoms with E-state index in [1.165, 1.54) is 5.56 Å². The van der Waals surface area contributed by atoms with Crippen LogP contribution in [-0.4, -0.2) is 64.3 Å². The Bertz CT molecular complexity index is 1260. The molecule has 1 aliphatic rings. The van der Waals surface area contributed by atoms with Crippen LogP contribution in [0.1, 0.15) is 25.1 Å². The summed E-state index contributed by atoms with van der Waals surface area (Å²) in [5.74, 6) is 0.725. The number of hydrogen-bond acceptors (Lipinski definition) is 7. The summed E-state index contributed by atoms with van der Waals surface area (Å²) < 4.78 is 14.7. The molecule has 0 atom stereocenters. The third-order valence-electron chi connectivity index (χ3n) is 5.95. The van der Waals surface area contributed by atoms with Gasteiger partial charge in [0.05, 0.1) is 43.2 Å². The molecular weight excluding hydrogens is 442 g/mol. The molecule has 35 heavy (non-hydrogen) atoms. The van der Waals surface area contributed by atoms with Crippen LogP contribution in [0.2, 0.25) is 0 Å². The zero-order chi connectivity index (χ0) is 24.8. The molecule has 9 nitrogen and oxygen atoms in total. The van der Waals surface area contributed by atoms with Crippen LogP contribution < -0.4 is 10.6 Å². The van der Waals surface area contributed by atoms with Gasteiger partial charge in [-0.2, -0.15) is 5.10 Å². The smallest absolute Gasteiger partial charge is 0.164 e. The Morgan fingerprint density at radius 2 is 1.91 bits per heavy atom. The van der Waals surface area contributed by atoms with E-state index < -0.39 is 0 Å². The molecule has 1 aromatic carbocycles. The number of aryl methyl sites for hydroxylation is 1. The normalized spacial score (nSPS) is 13.7. The van der Waals surface area contributed by atoms with Crippen molar-refractivity contribution in [2.24, 2.45) is 5.73 Å². The number of fused-ring (bicyclic) bond motifs is 1. The number of nitrogens with two attached hydrogens (primary N) is 1. The number of rotatable bonds is 7. The van der Waals surface area contributed by atoms with Crippen molar-refractivity contribution in [2.75, 3.05) is 44.9 Å². The average molecular weight is 478 g/mol. The topological polar surface area (TPSA) is 96.2 Å². The molecule has 9 heteroatoms. The van der Waals surface area contributed by atoms with E-state index in [4.69, 9.17) is 30.3 Å². The molecule has 1 fully saturated rings. The van der Waals surface area contributed by atoms with Gasteiger partial charge in [-0.05, 0) is 19.1 Å². The number of aromatic nitrogens is 5. The van der Waals surface area contributed by atoms with Crippen LogP contribution in [0, 0.1) is 6.92 Å². The van der Waals surface area contributed by atoms with Crippen molar-refractivity contribution in [3.8, 4) is 17.1 Å². The summed E-state index contributed by atoms with van der Waals surface area (Å²) in [7, 11) is 1.70. The van der Waals surface area contributed by atoms with Gasteiger partial charge >= 0.3 is 0 Å². The van der Waals surface area contributed by atoms with Gasteiger partial charge in [-0.3, -0.25) is 0 Å². The van der Waals surface area contributed by atoms with Gasteiger partial charge in [-0.15, -0.1) is 0 Å². The summed E-state index contributed by atoms with van der Waals surface area (Å²) in [6, 6.07) is 12.4. The molecule has 0 bridgehead atoms. The van der Waals surface area contributed by atoms with E-state index in [2.05, 4.69) is 36.1 Å². The van der Waals surface area contributed by atoms with Gasteiger partial charge in [-0.1, -0.05) is 37.6 Å². The summed E-state index contributed by atoms with van der Waals surface area (Å²) in [5.41, 5.74) is 12.9. The first-order valence-corrected chi connectivity index (χ1v) is 12.2. The van der Waals surface area contributed by atoms with Crippen molar-refractivity contribution in [3.63, 3.8) is 0 Å². The molecule has 0 spiro atoms. The molecular formula is C26H35N7O2. The number of pyridine rings is 1. The Labute approximate surface area is 206 Å². The lowest BCUT2D eigenvalue weighted by Crippen LogP contribution is -2.36. The highest BCUT2D eigenvalue weighted by Gasteiger charge is 2.21. The van der Waals surface area contributed by atoms with Crippen molar-refractivity contribution in [1.82, 2.24) is 24.3 Å². The zero-order valence-corrected chi connectivity index (χ0v) is 21.1. The van der Waals surface area contributed by atoms with Crippen molar-refractivity contribution in [1.29, 1.82) is 0 Å². The van der Waals surface area contributed by atoms with Gasteiger partial charge in [-0.25, -0.2) is 14.6 Å². The highest BCUT2D eigenvalue weighted by Crippen LogP contribution is 2.29. The summed E-state index contributed by atoms with van der Waals surface area (Å²) in [5, 5.41) is 4.91. The SMILES string of the molecule is CC.COCCn1cnc2c(N3CCOCC3)cc(-n3nc(-c4cccc(C)c4)cc3CN)nc21. The fourth-order valence-corrected chi connectivity index (χ4v) is 4.22. The van der Waals surface area contributed by atoms with Crippen LogP contribution in [0.5, 0.6) is 0 Å². The van der Waals surface area contributed by atoms with E-state index in [-0.39, 0.29) is 0 Å². The van der Waals surface area contributed by atoms with E-state index in [0.29, 0.717) is 32.9 Å². The molecule has 186 valence electrons. The van der Waals surface area contributed by atoms with Crippen molar-refractivity contribution in [2.45, 2.75) is 33.9 Å². The molecule has 0 aliphatic carbocycles. The van der Waals surface area contributed by atoms with Crippen molar-refractivity contribution in [3.05, 3.63) is 54.0 Å². The van der Waals surface area contributed by atoms with Crippen LogP contribution >= 0.6 is 0 Å². The molecule has 3 aromatic heterocycles. The van der Waals surface area contributed by atoms with Gasteiger partial charge in [0, 0.05) is 44.9 Å². The number of imidazole rings is 1. The van der Waals surface area contributed by atoms with Crippen LogP contribution in [0.15, 0.2) is 42.7 Å². The van der Waals surface area contributed by atoms with Crippen LogP contribution in [0.4, 0.5) is 5.69 Å². The molecule has 0 amide bonds. The highest BCUT2D eigenvalue weighted by molar-refractivity contribution is 5.87. The molecule has 4 heterocycles. The lowest BCUT2D eigenvalue weighted by atomic mass is 10.1. The molecule has 0 radical (unpaired) electrons. The van der Waals surface area contributed by atoms with E-state index in [1.54, 1.807) is 7.11 Å². The average Bonchev–Trinajstić information content (AvgIpc) is 3.53. The first-order chi connectivity index (χ1) is 17.2. The maximum Gasteiger partial charge on any atom is 0.164 e. The van der Waals surface area contributed by atoms with Gasteiger partial charge in [0.1, 0.15) is 5.52 Å². The van der Waals surface area contributed by atoms with Gasteiger partial charge in [0.15, 0.2) is 11.5 Å². The molecule has 0 saturated carbocycles. The Morgan fingerprint density at radius 1 is 1.11 bits per heavy atom. The largest absolute Gasteiger partial charge is 0.383 e. The maximum atomic E-state index is 6.13. The van der Waals surface area contributed by atoms with Gasteiger partial charge in [0.25, 0.3) is 0 Å². The van der Waals surface area contributed by atoms with Gasteiger partial charge in [0.2, 0.25) is 0 Å². The van der Waals surface area contributed by atoms with Crippen molar-refractivity contribution >= 4 is 16.9 Å². The molecule has 0 unspecified atom stereocenters. The van der Waals surface area contributed by atoms with E-state index in [0.717, 1.165) is 52.7 Å². The molecule has 2 N–H and O–H groups in total. The molecule has 5 rings (SSSR count). The molecule has 1 saturated heterocycles. The van der Waals surface area contributed by atoms with E-state index >= 15 is 0 Å². The lowest BCUT2D eigenvalue weighted by Gasteiger charge is -2.29. The predicted octanol–water partition coefficient (Wildman–Crippen LogP) is 3.56. The number of nitrogens with zero attached hydrogens (tertiary/aromatic N) is 6. The number of ether oxygens (including phenoxy) is 2. The Morgan fingerprint density at radius 3 is 2.63 bits per heavy atom. The zero-order valence-electron chi connectivity index (χ0n) is 21.1. The summed E-state index contributed by atoms with van der Waals surface area (Å²) >= 11 is 0. The molecule has 1 aliphatic heterocycles. The third-order valence-corrected chi connectivity index (χ3v) is 5.95.